The van der Waals surface area contributed by atoms with Gasteiger partial charge in [0.05, 0.1) is 0 Å². The van der Waals surface area contributed by atoms with E-state index >= 15 is 0 Å². The van der Waals surface area contributed by atoms with Crippen LogP contribution in [0, 0.1) is 5.92 Å². The molecule has 0 aliphatic heterocycles. The largest absolute Gasteiger partial charge is 0.313 e. The number of nitrogens with zero attached hydrogens (tertiary/aromatic N) is 2. The van der Waals surface area contributed by atoms with Gasteiger partial charge in [0.15, 0.2) is 0 Å². The zero-order chi connectivity index (χ0) is 15.0. The molecular weight excluding hydrogens is 246 g/mol. The highest BCUT2D eigenvalue weighted by molar-refractivity contribution is 4.83. The molecule has 3 heteroatoms. The van der Waals surface area contributed by atoms with Crippen LogP contribution in [0.1, 0.15) is 52.9 Å². The maximum atomic E-state index is 3.77. The van der Waals surface area contributed by atoms with E-state index in [1.165, 1.54) is 38.6 Å². The first-order valence-corrected chi connectivity index (χ1v) is 8.70. The zero-order valence-corrected chi connectivity index (χ0v) is 14.5. The van der Waals surface area contributed by atoms with Crippen LogP contribution >= 0.6 is 0 Å². The van der Waals surface area contributed by atoms with E-state index in [-0.39, 0.29) is 0 Å². The molecule has 1 rings (SSSR count). The Morgan fingerprint density at radius 3 is 2.20 bits per heavy atom. The van der Waals surface area contributed by atoms with Crippen LogP contribution in [0.4, 0.5) is 0 Å². The SMILES string of the molecule is CCNC(CN(CC)C(C)CN(C)C)C1CCCCC1. The van der Waals surface area contributed by atoms with Gasteiger partial charge in [-0.1, -0.05) is 33.1 Å². The Morgan fingerprint density at radius 2 is 1.70 bits per heavy atom. The number of hydrogen-bond donors (Lipinski definition) is 1. The minimum absolute atomic E-state index is 0.639. The first kappa shape index (κ1) is 17.9. The maximum Gasteiger partial charge on any atom is 0.0223 e. The second kappa shape index (κ2) is 9.75. The number of nitrogens with one attached hydrogen (secondary N) is 1. The smallest absolute Gasteiger partial charge is 0.0223 e. The quantitative estimate of drug-likeness (QED) is 0.702. The molecule has 1 aliphatic rings. The average Bonchev–Trinajstić information content (AvgIpc) is 2.43. The average molecular weight is 284 g/mol. The third-order valence-corrected chi connectivity index (χ3v) is 4.78. The third-order valence-electron chi connectivity index (χ3n) is 4.78. The molecule has 20 heavy (non-hydrogen) atoms. The highest BCUT2D eigenvalue weighted by Crippen LogP contribution is 2.27. The molecule has 0 bridgehead atoms. The fourth-order valence-corrected chi connectivity index (χ4v) is 3.70. The van der Waals surface area contributed by atoms with Crippen LogP contribution in [0.3, 0.4) is 0 Å². The Labute approximate surface area is 127 Å². The van der Waals surface area contributed by atoms with Crippen LogP contribution in [-0.2, 0) is 0 Å². The van der Waals surface area contributed by atoms with Gasteiger partial charge < -0.3 is 10.2 Å². The second-order valence-electron chi connectivity index (χ2n) is 6.76. The van der Waals surface area contributed by atoms with Crippen LogP contribution in [0.25, 0.3) is 0 Å². The van der Waals surface area contributed by atoms with Crippen LogP contribution in [0.2, 0.25) is 0 Å². The summed E-state index contributed by atoms with van der Waals surface area (Å²) in [5.41, 5.74) is 0. The van der Waals surface area contributed by atoms with Crippen molar-refractivity contribution in [2.75, 3.05) is 40.3 Å². The molecule has 0 aromatic rings. The van der Waals surface area contributed by atoms with Crippen molar-refractivity contribution in [2.24, 2.45) is 5.92 Å². The predicted molar refractivity (Wildman–Crippen MR) is 89.3 cm³/mol. The highest BCUT2D eigenvalue weighted by Gasteiger charge is 2.26. The van der Waals surface area contributed by atoms with E-state index < -0.39 is 0 Å². The summed E-state index contributed by atoms with van der Waals surface area (Å²) >= 11 is 0. The minimum Gasteiger partial charge on any atom is -0.313 e. The molecule has 0 saturated heterocycles. The number of likely N-dealkylation sites (N-methyl/N-ethyl adjacent to an activating group) is 3. The summed E-state index contributed by atoms with van der Waals surface area (Å²) in [5.74, 6) is 0.893. The molecule has 1 aliphatic carbocycles. The van der Waals surface area contributed by atoms with E-state index in [1.54, 1.807) is 0 Å². The van der Waals surface area contributed by atoms with Gasteiger partial charge in [0.2, 0.25) is 0 Å². The lowest BCUT2D eigenvalue weighted by atomic mass is 9.83. The van der Waals surface area contributed by atoms with E-state index in [4.69, 9.17) is 0 Å². The molecule has 120 valence electrons. The molecule has 2 atom stereocenters. The number of hydrogen-bond acceptors (Lipinski definition) is 3. The summed E-state index contributed by atoms with van der Waals surface area (Å²) in [7, 11) is 4.35. The zero-order valence-electron chi connectivity index (χ0n) is 14.5. The fraction of sp³-hybridized carbons (Fsp3) is 1.00. The van der Waals surface area contributed by atoms with Crippen molar-refractivity contribution in [2.45, 2.75) is 65.0 Å². The molecule has 1 N–H and O–H groups in total. The topological polar surface area (TPSA) is 18.5 Å². The summed E-state index contributed by atoms with van der Waals surface area (Å²) < 4.78 is 0. The van der Waals surface area contributed by atoms with Gasteiger partial charge in [-0.2, -0.15) is 0 Å². The minimum atomic E-state index is 0.639. The van der Waals surface area contributed by atoms with Crippen molar-refractivity contribution < 1.29 is 0 Å². The molecule has 2 unspecified atom stereocenters. The normalized spacial score (nSPS) is 20.6. The van der Waals surface area contributed by atoms with Crippen molar-refractivity contribution in [3.05, 3.63) is 0 Å². The molecule has 0 aromatic heterocycles. The highest BCUT2D eigenvalue weighted by atomic mass is 15.2. The van der Waals surface area contributed by atoms with E-state index in [2.05, 4.69) is 50.0 Å². The molecule has 0 heterocycles. The van der Waals surface area contributed by atoms with Crippen molar-refractivity contribution in [3.63, 3.8) is 0 Å². The summed E-state index contributed by atoms with van der Waals surface area (Å²) in [5, 5.41) is 3.77. The van der Waals surface area contributed by atoms with Gasteiger partial charge in [-0.15, -0.1) is 0 Å². The van der Waals surface area contributed by atoms with Gasteiger partial charge in [0.25, 0.3) is 0 Å². The molecule has 0 radical (unpaired) electrons. The van der Waals surface area contributed by atoms with Crippen molar-refractivity contribution in [3.8, 4) is 0 Å². The predicted octanol–water partition coefficient (Wildman–Crippen LogP) is 2.82. The van der Waals surface area contributed by atoms with Crippen LogP contribution in [-0.4, -0.2) is 62.2 Å². The molecular formula is C17H37N3. The lowest BCUT2D eigenvalue weighted by molar-refractivity contribution is 0.137. The molecule has 3 nitrogen and oxygen atoms in total. The van der Waals surface area contributed by atoms with Crippen molar-refractivity contribution >= 4 is 0 Å². The summed E-state index contributed by atoms with van der Waals surface area (Å²) in [6, 6.07) is 1.32. The van der Waals surface area contributed by atoms with E-state index in [0.717, 1.165) is 25.6 Å². The molecule has 1 saturated carbocycles. The van der Waals surface area contributed by atoms with Gasteiger partial charge in [-0.25, -0.2) is 0 Å². The van der Waals surface area contributed by atoms with Crippen LogP contribution in [0.15, 0.2) is 0 Å². The standard InChI is InChI=1S/C17H37N3/c1-6-18-17(16-11-9-8-10-12-16)14-20(7-2)15(3)13-19(4)5/h15-18H,6-14H2,1-5H3. The Hall–Kier alpha value is -0.120. The lowest BCUT2D eigenvalue weighted by Crippen LogP contribution is -2.50. The van der Waals surface area contributed by atoms with Gasteiger partial charge in [0.1, 0.15) is 0 Å². The summed E-state index contributed by atoms with van der Waals surface area (Å²) in [6.45, 7) is 11.5. The van der Waals surface area contributed by atoms with Gasteiger partial charge in [-0.05, 0) is 52.9 Å². The fourth-order valence-electron chi connectivity index (χ4n) is 3.70. The Kier molecular flexibility index (Phi) is 8.74. The van der Waals surface area contributed by atoms with Gasteiger partial charge >= 0.3 is 0 Å². The maximum absolute atomic E-state index is 3.77. The number of rotatable bonds is 9. The monoisotopic (exact) mass is 283 g/mol. The Morgan fingerprint density at radius 1 is 1.05 bits per heavy atom. The van der Waals surface area contributed by atoms with Crippen molar-refractivity contribution in [1.29, 1.82) is 0 Å². The van der Waals surface area contributed by atoms with E-state index in [0.29, 0.717) is 12.1 Å². The van der Waals surface area contributed by atoms with Crippen molar-refractivity contribution in [1.82, 2.24) is 15.1 Å². The summed E-state index contributed by atoms with van der Waals surface area (Å²) in [6.07, 6.45) is 7.18. The van der Waals surface area contributed by atoms with E-state index in [9.17, 15) is 0 Å². The van der Waals surface area contributed by atoms with Crippen LogP contribution in [0.5, 0.6) is 0 Å². The van der Waals surface area contributed by atoms with Crippen LogP contribution < -0.4 is 5.32 Å². The molecule has 0 amide bonds. The summed E-state index contributed by atoms with van der Waals surface area (Å²) in [4.78, 5) is 4.96. The Balaban J connectivity index is 2.56. The molecule has 0 aromatic carbocycles. The first-order chi connectivity index (χ1) is 9.58. The van der Waals surface area contributed by atoms with E-state index in [1.807, 2.05) is 0 Å². The lowest BCUT2D eigenvalue weighted by Gasteiger charge is -2.37. The third kappa shape index (κ3) is 6.11. The second-order valence-corrected chi connectivity index (χ2v) is 6.76. The first-order valence-electron chi connectivity index (χ1n) is 8.70. The van der Waals surface area contributed by atoms with Gasteiger partial charge in [-0.3, -0.25) is 4.90 Å². The Bertz CT molecular complexity index is 236. The molecule has 0 spiro atoms. The molecule has 1 fully saturated rings. The van der Waals surface area contributed by atoms with Gasteiger partial charge in [0, 0.05) is 25.2 Å².